The van der Waals surface area contributed by atoms with Crippen LogP contribution in [0.2, 0.25) is 5.02 Å². The molecule has 5 nitrogen and oxygen atoms in total. The maximum Gasteiger partial charge on any atom is 0.436 e. The van der Waals surface area contributed by atoms with Crippen LogP contribution < -0.4 is 5.32 Å². The van der Waals surface area contributed by atoms with E-state index in [2.05, 4.69) is 10.4 Å². The van der Waals surface area contributed by atoms with Crippen LogP contribution in [0.15, 0.2) is 0 Å². The molecular formula is C12H15ClF3N3O2. The Kier molecular flexibility index (Phi) is 4.77. The maximum atomic E-state index is 12.7. The third-order valence-corrected chi connectivity index (χ3v) is 3.70. The van der Waals surface area contributed by atoms with Gasteiger partial charge in [0.05, 0.1) is 16.8 Å². The van der Waals surface area contributed by atoms with Crippen molar-refractivity contribution in [3.8, 4) is 0 Å². The second kappa shape index (κ2) is 6.23. The molecule has 2 rings (SSSR count). The number of amides is 1. The van der Waals surface area contributed by atoms with Crippen molar-refractivity contribution < 1.29 is 22.7 Å². The van der Waals surface area contributed by atoms with Crippen LogP contribution in [0.25, 0.3) is 0 Å². The third-order valence-electron chi connectivity index (χ3n) is 3.25. The second-order valence-corrected chi connectivity index (χ2v) is 5.22. The lowest BCUT2D eigenvalue weighted by Gasteiger charge is -2.11. The zero-order valence-electron chi connectivity index (χ0n) is 11.3. The fourth-order valence-corrected chi connectivity index (χ4v) is 2.33. The molecule has 1 N–H and O–H groups in total. The molecule has 0 aliphatic carbocycles. The quantitative estimate of drug-likeness (QED) is 0.923. The molecular weight excluding hydrogens is 311 g/mol. The number of ether oxygens (including phenoxy) is 1. The van der Waals surface area contributed by atoms with Gasteiger partial charge in [0.2, 0.25) is 5.91 Å². The highest BCUT2D eigenvalue weighted by molar-refractivity contribution is 6.32. The Hall–Kier alpha value is -1.28. The Labute approximate surface area is 124 Å². The Morgan fingerprint density at radius 2 is 2.29 bits per heavy atom. The average Bonchev–Trinajstić information content (AvgIpc) is 2.99. The van der Waals surface area contributed by atoms with Crippen LogP contribution in [0.1, 0.15) is 24.2 Å². The lowest BCUT2D eigenvalue weighted by atomic mass is 10.2. The first kappa shape index (κ1) is 16.1. The molecule has 0 radical (unpaired) electrons. The van der Waals surface area contributed by atoms with E-state index in [0.717, 1.165) is 17.5 Å². The largest absolute Gasteiger partial charge is 0.436 e. The molecule has 1 aliphatic rings. The van der Waals surface area contributed by atoms with Gasteiger partial charge >= 0.3 is 6.18 Å². The van der Waals surface area contributed by atoms with E-state index in [4.69, 9.17) is 16.3 Å². The number of hydrogen-bond acceptors (Lipinski definition) is 3. The summed E-state index contributed by atoms with van der Waals surface area (Å²) in [5, 5.41) is 5.51. The van der Waals surface area contributed by atoms with Crippen LogP contribution in [0.3, 0.4) is 0 Å². The number of hydrogen-bond donors (Lipinski definition) is 1. The summed E-state index contributed by atoms with van der Waals surface area (Å²) in [6.45, 7) is 2.09. The van der Waals surface area contributed by atoms with Gasteiger partial charge in [0.15, 0.2) is 5.69 Å². The van der Waals surface area contributed by atoms with Gasteiger partial charge in [0.1, 0.15) is 6.54 Å². The number of halogens is 4. The van der Waals surface area contributed by atoms with E-state index in [1.807, 2.05) is 0 Å². The zero-order valence-corrected chi connectivity index (χ0v) is 12.1. The number of carbonyl (C=O) groups excluding carboxylic acids is 1. The van der Waals surface area contributed by atoms with Crippen LogP contribution in [0, 0.1) is 6.92 Å². The molecule has 118 valence electrons. The van der Waals surface area contributed by atoms with E-state index in [0.29, 0.717) is 13.2 Å². The van der Waals surface area contributed by atoms with Crippen LogP contribution in [0.4, 0.5) is 13.2 Å². The fourth-order valence-electron chi connectivity index (χ4n) is 2.08. The minimum absolute atomic E-state index is 0.0259. The molecule has 21 heavy (non-hydrogen) atoms. The monoisotopic (exact) mass is 325 g/mol. The van der Waals surface area contributed by atoms with E-state index >= 15 is 0 Å². The summed E-state index contributed by atoms with van der Waals surface area (Å²) in [5.41, 5.74) is -1.06. The number of nitrogens with one attached hydrogen (secondary N) is 1. The topological polar surface area (TPSA) is 56.2 Å². The Balaban J connectivity index is 1.97. The highest BCUT2D eigenvalue weighted by Gasteiger charge is 2.38. The molecule has 2 heterocycles. The first-order chi connectivity index (χ1) is 9.79. The summed E-state index contributed by atoms with van der Waals surface area (Å²) in [5.74, 6) is -0.429. The highest BCUT2D eigenvalue weighted by atomic mass is 35.5. The zero-order chi connectivity index (χ0) is 15.6. The number of aromatic nitrogens is 2. The van der Waals surface area contributed by atoms with E-state index in [1.54, 1.807) is 0 Å². The molecule has 1 unspecified atom stereocenters. The molecule has 9 heteroatoms. The molecule has 0 spiro atoms. The molecule has 1 saturated heterocycles. The van der Waals surface area contributed by atoms with E-state index in [1.165, 1.54) is 6.92 Å². The van der Waals surface area contributed by atoms with Crippen molar-refractivity contribution >= 4 is 17.5 Å². The summed E-state index contributed by atoms with van der Waals surface area (Å²) in [7, 11) is 0. The lowest BCUT2D eigenvalue weighted by Crippen LogP contribution is -2.34. The van der Waals surface area contributed by atoms with Crippen molar-refractivity contribution in [2.45, 2.75) is 38.6 Å². The molecule has 1 aromatic heterocycles. The number of rotatable bonds is 4. The summed E-state index contributed by atoms with van der Waals surface area (Å²) >= 11 is 5.61. The van der Waals surface area contributed by atoms with Gasteiger partial charge in [-0.25, -0.2) is 0 Å². The molecule has 1 atom stereocenters. The lowest BCUT2D eigenvalue weighted by molar-refractivity contribution is -0.141. The molecule has 0 saturated carbocycles. The van der Waals surface area contributed by atoms with Gasteiger partial charge in [-0.3, -0.25) is 9.48 Å². The maximum absolute atomic E-state index is 12.7. The normalized spacial score (nSPS) is 19.0. The van der Waals surface area contributed by atoms with Gasteiger partial charge < -0.3 is 10.1 Å². The number of alkyl halides is 3. The first-order valence-corrected chi connectivity index (χ1v) is 6.85. The summed E-state index contributed by atoms with van der Waals surface area (Å²) in [4.78, 5) is 11.7. The Morgan fingerprint density at radius 1 is 1.57 bits per heavy atom. The van der Waals surface area contributed by atoms with Crippen molar-refractivity contribution in [2.75, 3.05) is 13.2 Å². The van der Waals surface area contributed by atoms with Crippen molar-refractivity contribution in [1.82, 2.24) is 15.1 Å². The van der Waals surface area contributed by atoms with Crippen molar-refractivity contribution in [3.05, 3.63) is 16.4 Å². The van der Waals surface area contributed by atoms with Crippen LogP contribution in [0.5, 0.6) is 0 Å². The third kappa shape index (κ3) is 3.88. The predicted molar refractivity (Wildman–Crippen MR) is 69.0 cm³/mol. The highest BCUT2D eigenvalue weighted by Crippen LogP contribution is 2.35. The van der Waals surface area contributed by atoms with Gasteiger partial charge in [-0.1, -0.05) is 11.6 Å². The van der Waals surface area contributed by atoms with Crippen LogP contribution in [-0.2, 0) is 22.3 Å². The van der Waals surface area contributed by atoms with Gasteiger partial charge in [-0.2, -0.15) is 18.3 Å². The average molecular weight is 326 g/mol. The van der Waals surface area contributed by atoms with Gasteiger partial charge in [-0.05, 0) is 19.8 Å². The number of carbonyl (C=O) groups is 1. The summed E-state index contributed by atoms with van der Waals surface area (Å²) in [6, 6.07) is 0. The van der Waals surface area contributed by atoms with Gasteiger partial charge in [0, 0.05) is 13.2 Å². The van der Waals surface area contributed by atoms with Crippen LogP contribution in [-0.4, -0.2) is 34.9 Å². The summed E-state index contributed by atoms with van der Waals surface area (Å²) < 4.78 is 44.3. The molecule has 0 aromatic carbocycles. The standard InChI is InChI=1S/C12H15ClF3N3O2/c1-7-10(13)11(12(14,15)16)18-19(7)6-9(20)17-5-8-3-2-4-21-8/h8H,2-6H2,1H3,(H,17,20). The Morgan fingerprint density at radius 3 is 2.81 bits per heavy atom. The van der Waals surface area contributed by atoms with Crippen molar-refractivity contribution in [3.63, 3.8) is 0 Å². The molecule has 1 aromatic rings. The van der Waals surface area contributed by atoms with Crippen LogP contribution >= 0.6 is 11.6 Å². The van der Waals surface area contributed by atoms with Crippen molar-refractivity contribution in [2.24, 2.45) is 0 Å². The smallest absolute Gasteiger partial charge is 0.376 e. The predicted octanol–water partition coefficient (Wildman–Crippen LogP) is 2.16. The van der Waals surface area contributed by atoms with Gasteiger partial charge in [-0.15, -0.1) is 0 Å². The van der Waals surface area contributed by atoms with E-state index in [9.17, 15) is 18.0 Å². The number of nitrogens with zero attached hydrogens (tertiary/aromatic N) is 2. The molecule has 1 aliphatic heterocycles. The van der Waals surface area contributed by atoms with Crippen molar-refractivity contribution in [1.29, 1.82) is 0 Å². The molecule has 0 bridgehead atoms. The van der Waals surface area contributed by atoms with Gasteiger partial charge in [0.25, 0.3) is 0 Å². The Bertz CT molecular complexity index is 525. The van der Waals surface area contributed by atoms with E-state index < -0.39 is 22.8 Å². The second-order valence-electron chi connectivity index (χ2n) is 4.84. The SMILES string of the molecule is Cc1c(Cl)c(C(F)(F)F)nn1CC(=O)NCC1CCCO1. The molecule has 1 amide bonds. The minimum Gasteiger partial charge on any atom is -0.376 e. The molecule has 1 fully saturated rings. The van der Waals surface area contributed by atoms with E-state index in [-0.39, 0.29) is 18.3 Å². The summed E-state index contributed by atoms with van der Waals surface area (Å²) in [6.07, 6.45) is -2.85. The fraction of sp³-hybridized carbons (Fsp3) is 0.667. The minimum atomic E-state index is -4.64. The first-order valence-electron chi connectivity index (χ1n) is 6.47.